The third-order valence-corrected chi connectivity index (χ3v) is 10.9. The first-order valence-corrected chi connectivity index (χ1v) is 15.5. The van der Waals surface area contributed by atoms with E-state index in [0.717, 1.165) is 27.0 Å². The molecular weight excluding hydrogens is 608 g/mol. The molecule has 1 saturated carbocycles. The molecule has 2 aliphatic heterocycles. The number of thiophene rings is 1. The van der Waals surface area contributed by atoms with Crippen LogP contribution in [0.1, 0.15) is 49.1 Å². The van der Waals surface area contributed by atoms with Gasteiger partial charge in [-0.3, -0.25) is 19.3 Å². The molecule has 2 fully saturated rings. The summed E-state index contributed by atoms with van der Waals surface area (Å²) in [5, 5.41) is 1.98. The molecule has 0 N–H and O–H groups in total. The third kappa shape index (κ3) is 4.29. The van der Waals surface area contributed by atoms with E-state index in [1.807, 2.05) is 36.7 Å². The maximum Gasteiger partial charge on any atom is 0.308 e. The molecule has 1 aromatic heterocycles. The Morgan fingerprint density at radius 1 is 1.27 bits per heavy atom. The molecule has 2 aliphatic carbocycles. The molecular formula is C31H33BrN2O6S. The van der Waals surface area contributed by atoms with Crippen molar-refractivity contribution in [1.82, 2.24) is 9.80 Å². The van der Waals surface area contributed by atoms with E-state index < -0.39 is 23.1 Å². The van der Waals surface area contributed by atoms with Crippen molar-refractivity contribution in [2.24, 2.45) is 0 Å². The van der Waals surface area contributed by atoms with Crippen LogP contribution in [0.3, 0.4) is 0 Å². The number of likely N-dealkylation sites (N-methyl/N-ethyl adjacent to an activating group) is 1. The highest BCUT2D eigenvalue weighted by Gasteiger charge is 2.75. The number of amides is 1. The molecule has 2 aromatic rings. The Hall–Kier alpha value is -2.95. The van der Waals surface area contributed by atoms with Crippen LogP contribution in [0.2, 0.25) is 0 Å². The van der Waals surface area contributed by atoms with Gasteiger partial charge in [0.2, 0.25) is 5.91 Å². The molecule has 10 heteroatoms. The smallest absolute Gasteiger partial charge is 0.308 e. The first kappa shape index (κ1) is 28.2. The number of ether oxygens (including phenoxy) is 3. The molecule has 1 saturated heterocycles. The van der Waals surface area contributed by atoms with Gasteiger partial charge in [0.15, 0.2) is 11.5 Å². The average Bonchev–Trinajstić information content (AvgIpc) is 3.49. The molecule has 0 unspecified atom stereocenters. The molecule has 0 radical (unpaired) electrons. The highest BCUT2D eigenvalue weighted by molar-refractivity contribution is 9.10. The fraction of sp³-hybridized carbons (Fsp3) is 0.452. The topological polar surface area (TPSA) is 85.4 Å². The molecule has 1 spiro atoms. The van der Waals surface area contributed by atoms with E-state index in [2.05, 4.69) is 27.4 Å². The molecule has 1 amide bonds. The van der Waals surface area contributed by atoms with Gasteiger partial charge in [-0.05, 0) is 65.4 Å². The number of rotatable bonds is 7. The van der Waals surface area contributed by atoms with Gasteiger partial charge in [-0.25, -0.2) is 0 Å². The Morgan fingerprint density at radius 2 is 2.07 bits per heavy atom. The maximum atomic E-state index is 13.5. The quantitative estimate of drug-likeness (QED) is 0.184. The van der Waals surface area contributed by atoms with Gasteiger partial charge < -0.3 is 19.1 Å². The lowest BCUT2D eigenvalue weighted by molar-refractivity contribution is -0.222. The Kier molecular flexibility index (Phi) is 7.15. The van der Waals surface area contributed by atoms with Crippen molar-refractivity contribution in [2.45, 2.75) is 68.7 Å². The van der Waals surface area contributed by atoms with Crippen molar-refractivity contribution >= 4 is 51.2 Å². The Labute approximate surface area is 252 Å². The molecule has 8 nitrogen and oxygen atoms in total. The van der Waals surface area contributed by atoms with E-state index in [4.69, 9.17) is 14.2 Å². The number of benzene rings is 1. The third-order valence-electron chi connectivity index (χ3n) is 9.25. The number of halogens is 1. The van der Waals surface area contributed by atoms with Gasteiger partial charge in [0, 0.05) is 60.4 Å². The molecule has 5 atom stereocenters. The second-order valence-corrected chi connectivity index (χ2v) is 13.2. The molecule has 216 valence electrons. The number of carbonyl (C=O) groups is 3. The second kappa shape index (κ2) is 10.4. The summed E-state index contributed by atoms with van der Waals surface area (Å²) in [5.41, 5.74) is 0.483. The van der Waals surface area contributed by atoms with Crippen LogP contribution < -0.4 is 9.47 Å². The fourth-order valence-corrected chi connectivity index (χ4v) is 9.23. The van der Waals surface area contributed by atoms with Crippen molar-refractivity contribution in [2.75, 3.05) is 20.1 Å². The van der Waals surface area contributed by atoms with Crippen LogP contribution in [-0.2, 0) is 31.0 Å². The number of hydrogen-bond donors (Lipinski definition) is 0. The van der Waals surface area contributed by atoms with Crippen molar-refractivity contribution in [3.8, 4) is 11.5 Å². The van der Waals surface area contributed by atoms with Crippen LogP contribution in [0.5, 0.6) is 11.5 Å². The number of nitrogens with zero attached hydrogens (tertiary/aromatic N) is 2. The van der Waals surface area contributed by atoms with E-state index in [1.165, 1.54) is 13.8 Å². The number of carbonyl (C=O) groups excluding carboxylic acids is 3. The van der Waals surface area contributed by atoms with Gasteiger partial charge in [-0.15, -0.1) is 17.9 Å². The summed E-state index contributed by atoms with van der Waals surface area (Å²) in [6.07, 6.45) is 7.31. The monoisotopic (exact) mass is 640 g/mol. The minimum atomic E-state index is -0.864. The van der Waals surface area contributed by atoms with Crippen LogP contribution in [0.25, 0.3) is 6.08 Å². The molecule has 6 rings (SSSR count). The van der Waals surface area contributed by atoms with Crippen LogP contribution in [-0.4, -0.2) is 71.6 Å². The van der Waals surface area contributed by atoms with Crippen molar-refractivity contribution < 1.29 is 28.6 Å². The van der Waals surface area contributed by atoms with Crippen molar-refractivity contribution in [1.29, 1.82) is 0 Å². The van der Waals surface area contributed by atoms with Gasteiger partial charge >= 0.3 is 11.9 Å². The van der Waals surface area contributed by atoms with Crippen LogP contribution in [0.15, 0.2) is 46.8 Å². The first-order valence-electron chi connectivity index (χ1n) is 13.9. The minimum Gasteiger partial charge on any atom is -0.483 e. The van der Waals surface area contributed by atoms with Gasteiger partial charge in [0.25, 0.3) is 0 Å². The molecule has 2 bridgehead atoms. The first-order chi connectivity index (χ1) is 19.6. The summed E-state index contributed by atoms with van der Waals surface area (Å²) in [7, 11) is 1.81. The standard InChI is InChI=1S/C31H33BrN2O6S/c1-5-13-34-14-12-30-27-20-6-8-24(38-18(2)35)28(27)39-29(30)23(10-11-31(30,25(34)15-20)40-19(3)36)33(4)26(37)9-7-22-16-21(32)17-41-22/h5-9,16-17,23,25,29H,1,10-15H2,2-4H3/b9-7+/t23-,25+,29-,30-,31+/m0/s1. The van der Waals surface area contributed by atoms with E-state index >= 15 is 0 Å². The van der Waals surface area contributed by atoms with Gasteiger partial charge in [-0.2, -0.15) is 0 Å². The molecule has 41 heavy (non-hydrogen) atoms. The fourth-order valence-electron chi connectivity index (χ4n) is 7.90. The lowest BCUT2D eigenvalue weighted by Crippen LogP contribution is -2.79. The lowest BCUT2D eigenvalue weighted by Gasteiger charge is -2.65. The molecule has 4 aliphatic rings. The Morgan fingerprint density at radius 3 is 2.76 bits per heavy atom. The largest absolute Gasteiger partial charge is 0.483 e. The van der Waals surface area contributed by atoms with E-state index in [0.29, 0.717) is 43.7 Å². The van der Waals surface area contributed by atoms with Crippen molar-refractivity contribution in [3.63, 3.8) is 0 Å². The summed E-state index contributed by atoms with van der Waals surface area (Å²) in [4.78, 5) is 43.5. The zero-order valence-corrected chi connectivity index (χ0v) is 25.8. The Balaban J connectivity index is 1.47. The molecule has 3 heterocycles. The summed E-state index contributed by atoms with van der Waals surface area (Å²) >= 11 is 5.01. The van der Waals surface area contributed by atoms with E-state index in [-0.39, 0.29) is 24.0 Å². The Bertz CT molecular complexity index is 1470. The maximum absolute atomic E-state index is 13.5. The van der Waals surface area contributed by atoms with Gasteiger partial charge in [0.05, 0.1) is 17.5 Å². The minimum absolute atomic E-state index is 0.0820. The van der Waals surface area contributed by atoms with Crippen LogP contribution in [0, 0.1) is 0 Å². The predicted octanol–water partition coefficient (Wildman–Crippen LogP) is 4.89. The summed E-state index contributed by atoms with van der Waals surface area (Å²) < 4.78 is 19.9. The van der Waals surface area contributed by atoms with Gasteiger partial charge in [-0.1, -0.05) is 12.1 Å². The highest BCUT2D eigenvalue weighted by Crippen LogP contribution is 2.67. The molecule has 1 aromatic carbocycles. The van der Waals surface area contributed by atoms with E-state index in [1.54, 1.807) is 28.4 Å². The lowest BCUT2D eigenvalue weighted by atomic mass is 9.48. The normalized spacial score (nSPS) is 29.4. The van der Waals surface area contributed by atoms with E-state index in [9.17, 15) is 14.4 Å². The summed E-state index contributed by atoms with van der Waals surface area (Å²) in [6, 6.07) is 5.40. The SMILES string of the molecule is C=CCN1CC[C@]23c4c5ccc(OC(C)=O)c4O[C@H]2[C@@H](N(C)C(=O)/C=C/c2cc(Br)cs2)CC[C@@]3(OC(C)=O)[C@H]1C5. The summed E-state index contributed by atoms with van der Waals surface area (Å²) in [5.74, 6) is -0.0183. The summed E-state index contributed by atoms with van der Waals surface area (Å²) in [6.45, 7) is 8.24. The predicted molar refractivity (Wildman–Crippen MR) is 159 cm³/mol. The van der Waals surface area contributed by atoms with Crippen LogP contribution >= 0.6 is 27.3 Å². The average molecular weight is 642 g/mol. The number of likely N-dealkylation sites (tertiary alicyclic amines) is 1. The zero-order chi connectivity index (χ0) is 29.1. The highest BCUT2D eigenvalue weighted by atomic mass is 79.9. The van der Waals surface area contributed by atoms with Crippen LogP contribution in [0.4, 0.5) is 0 Å². The number of esters is 2. The number of hydrogen-bond acceptors (Lipinski definition) is 8. The van der Waals surface area contributed by atoms with Crippen molar-refractivity contribution in [3.05, 3.63) is 62.8 Å². The zero-order valence-electron chi connectivity index (χ0n) is 23.4. The number of piperidine rings is 1. The second-order valence-electron chi connectivity index (χ2n) is 11.3. The van der Waals surface area contributed by atoms with Gasteiger partial charge in [0.1, 0.15) is 11.7 Å².